The molecule has 2 heterocycles. The second kappa shape index (κ2) is 9.50. The van der Waals surface area contributed by atoms with Crippen molar-refractivity contribution in [1.82, 2.24) is 14.5 Å². The van der Waals surface area contributed by atoms with E-state index in [4.69, 9.17) is 0 Å². The molecular weight excluding hydrogens is 450 g/mol. The van der Waals surface area contributed by atoms with E-state index in [9.17, 15) is 18.0 Å². The molecule has 2 aromatic rings. The summed E-state index contributed by atoms with van der Waals surface area (Å²) in [7, 11) is -3.66. The lowest BCUT2D eigenvalue weighted by Gasteiger charge is -2.39. The van der Waals surface area contributed by atoms with E-state index in [1.807, 2.05) is 64.1 Å². The predicted molar refractivity (Wildman–Crippen MR) is 131 cm³/mol. The molecule has 0 radical (unpaired) electrons. The van der Waals surface area contributed by atoms with Crippen molar-refractivity contribution in [2.24, 2.45) is 5.92 Å². The molecule has 2 aliphatic rings. The van der Waals surface area contributed by atoms with Crippen LogP contribution in [0.25, 0.3) is 0 Å². The van der Waals surface area contributed by atoms with Crippen LogP contribution in [0.2, 0.25) is 0 Å². The molecular formula is C26H33N3O4S. The van der Waals surface area contributed by atoms with E-state index >= 15 is 0 Å². The van der Waals surface area contributed by atoms with Crippen molar-refractivity contribution in [1.29, 1.82) is 0 Å². The van der Waals surface area contributed by atoms with Crippen molar-refractivity contribution in [3.8, 4) is 0 Å². The number of hydrogen-bond acceptors (Lipinski definition) is 4. The summed E-state index contributed by atoms with van der Waals surface area (Å²) >= 11 is 0. The third-order valence-electron chi connectivity index (χ3n) is 7.31. The molecule has 2 amide bonds. The summed E-state index contributed by atoms with van der Waals surface area (Å²) in [5.41, 5.74) is 4.27. The Hall–Kier alpha value is -2.71. The van der Waals surface area contributed by atoms with E-state index in [1.165, 1.54) is 4.31 Å². The summed E-state index contributed by atoms with van der Waals surface area (Å²) in [6.07, 6.45) is 0.890. The first-order valence-corrected chi connectivity index (χ1v) is 13.3. The van der Waals surface area contributed by atoms with Crippen LogP contribution in [0.1, 0.15) is 46.7 Å². The Morgan fingerprint density at radius 1 is 0.941 bits per heavy atom. The zero-order valence-corrected chi connectivity index (χ0v) is 21.1. The van der Waals surface area contributed by atoms with Gasteiger partial charge in [0.05, 0.1) is 4.90 Å². The van der Waals surface area contributed by atoms with Gasteiger partial charge in [-0.1, -0.05) is 36.4 Å². The van der Waals surface area contributed by atoms with Gasteiger partial charge in [-0.2, -0.15) is 4.31 Å². The third kappa shape index (κ3) is 4.36. The van der Waals surface area contributed by atoms with Gasteiger partial charge in [-0.3, -0.25) is 9.59 Å². The molecule has 1 N–H and O–H groups in total. The van der Waals surface area contributed by atoms with Crippen molar-refractivity contribution in [3.63, 3.8) is 0 Å². The minimum absolute atomic E-state index is 0.0699. The number of carbonyl (C=O) groups excluding carboxylic acids is 2. The van der Waals surface area contributed by atoms with E-state index < -0.39 is 16.1 Å². The SMILES string of the molecule is Cc1cc(C)c(C)c(S(=O)(=O)N2CCC(C(=O)N3CCNC(=O)[C@@H]3c3ccccc3)CC2)c1C. The van der Waals surface area contributed by atoms with Crippen LogP contribution in [0.5, 0.6) is 0 Å². The number of hydrogen-bond donors (Lipinski definition) is 1. The van der Waals surface area contributed by atoms with E-state index in [2.05, 4.69) is 5.32 Å². The van der Waals surface area contributed by atoms with Crippen LogP contribution in [0.4, 0.5) is 0 Å². The Balaban J connectivity index is 1.52. The Bertz CT molecular complexity index is 1180. The number of sulfonamides is 1. The second-order valence-electron chi connectivity index (χ2n) is 9.40. The molecule has 1 atom stereocenters. The smallest absolute Gasteiger partial charge is 0.247 e. The van der Waals surface area contributed by atoms with E-state index in [0.717, 1.165) is 27.8 Å². The minimum atomic E-state index is -3.66. The molecule has 4 rings (SSSR count). The number of piperidine rings is 1. The first kappa shape index (κ1) is 24.4. The van der Waals surface area contributed by atoms with Gasteiger partial charge in [0.2, 0.25) is 21.8 Å². The first-order chi connectivity index (χ1) is 16.1. The molecule has 0 saturated carbocycles. The van der Waals surface area contributed by atoms with Gasteiger partial charge in [0.15, 0.2) is 0 Å². The van der Waals surface area contributed by atoms with Gasteiger partial charge < -0.3 is 10.2 Å². The number of rotatable bonds is 4. The predicted octanol–water partition coefficient (Wildman–Crippen LogP) is 3.02. The topological polar surface area (TPSA) is 86.8 Å². The fourth-order valence-corrected chi connectivity index (χ4v) is 7.19. The third-order valence-corrected chi connectivity index (χ3v) is 9.48. The fourth-order valence-electron chi connectivity index (χ4n) is 5.15. The van der Waals surface area contributed by atoms with Crippen molar-refractivity contribution >= 4 is 21.8 Å². The van der Waals surface area contributed by atoms with Crippen molar-refractivity contribution in [3.05, 3.63) is 64.2 Å². The highest BCUT2D eigenvalue weighted by Gasteiger charge is 2.40. The van der Waals surface area contributed by atoms with Gasteiger partial charge in [-0.25, -0.2) is 8.42 Å². The lowest BCUT2D eigenvalue weighted by molar-refractivity contribution is -0.147. The Morgan fingerprint density at radius 3 is 2.12 bits per heavy atom. The number of nitrogens with one attached hydrogen (secondary N) is 1. The van der Waals surface area contributed by atoms with Gasteiger partial charge >= 0.3 is 0 Å². The highest BCUT2D eigenvalue weighted by Crippen LogP contribution is 2.33. The molecule has 34 heavy (non-hydrogen) atoms. The fraction of sp³-hybridized carbons (Fsp3) is 0.462. The van der Waals surface area contributed by atoms with Gasteiger partial charge in [-0.05, 0) is 68.4 Å². The molecule has 0 bridgehead atoms. The van der Waals surface area contributed by atoms with Gasteiger partial charge in [0.1, 0.15) is 6.04 Å². The highest BCUT2D eigenvalue weighted by atomic mass is 32.2. The van der Waals surface area contributed by atoms with Crippen molar-refractivity contribution in [2.45, 2.75) is 51.5 Å². The largest absolute Gasteiger partial charge is 0.352 e. The number of amides is 2. The summed E-state index contributed by atoms with van der Waals surface area (Å²) in [4.78, 5) is 28.2. The molecule has 8 heteroatoms. The Kier molecular flexibility index (Phi) is 6.82. The van der Waals surface area contributed by atoms with Crippen LogP contribution in [0, 0.1) is 33.6 Å². The molecule has 0 aromatic heterocycles. The normalized spacial score (nSPS) is 20.3. The molecule has 2 aliphatic heterocycles. The van der Waals surface area contributed by atoms with Gasteiger partial charge in [-0.15, -0.1) is 0 Å². The maximum Gasteiger partial charge on any atom is 0.247 e. The average Bonchev–Trinajstić information content (AvgIpc) is 2.83. The van der Waals surface area contributed by atoms with Crippen LogP contribution in [0.3, 0.4) is 0 Å². The summed E-state index contributed by atoms with van der Waals surface area (Å²) in [5.74, 6) is -0.545. The zero-order chi connectivity index (χ0) is 24.6. The molecule has 0 unspecified atom stereocenters. The van der Waals surface area contributed by atoms with Crippen LogP contribution < -0.4 is 5.32 Å². The zero-order valence-electron chi connectivity index (χ0n) is 20.3. The summed E-state index contributed by atoms with van der Waals surface area (Å²) in [6.45, 7) is 9.04. The number of nitrogens with zero attached hydrogens (tertiary/aromatic N) is 2. The lowest BCUT2D eigenvalue weighted by Crippen LogP contribution is -2.54. The summed E-state index contributed by atoms with van der Waals surface area (Å²) in [5, 5.41) is 2.86. The van der Waals surface area contributed by atoms with E-state index in [-0.39, 0.29) is 17.7 Å². The maximum absolute atomic E-state index is 13.6. The van der Waals surface area contributed by atoms with Crippen molar-refractivity contribution in [2.75, 3.05) is 26.2 Å². The molecule has 2 fully saturated rings. The van der Waals surface area contributed by atoms with E-state index in [1.54, 1.807) is 4.90 Å². The van der Waals surface area contributed by atoms with Crippen LogP contribution in [-0.4, -0.2) is 55.6 Å². The molecule has 2 saturated heterocycles. The van der Waals surface area contributed by atoms with Crippen molar-refractivity contribution < 1.29 is 18.0 Å². The molecule has 0 aliphatic carbocycles. The number of carbonyl (C=O) groups is 2. The number of piperazine rings is 1. The summed E-state index contributed by atoms with van der Waals surface area (Å²) < 4.78 is 28.7. The quantitative estimate of drug-likeness (QED) is 0.724. The Morgan fingerprint density at radius 2 is 1.53 bits per heavy atom. The van der Waals surface area contributed by atoms with Crippen LogP contribution >= 0.6 is 0 Å². The molecule has 182 valence electrons. The summed E-state index contributed by atoms with van der Waals surface area (Å²) in [6, 6.07) is 10.7. The lowest BCUT2D eigenvalue weighted by atomic mass is 9.94. The standard InChI is InChI=1S/C26H33N3O4S/c1-17-16-18(2)20(4)24(19(17)3)34(32,33)28-13-10-22(11-14-28)26(31)29-15-12-27-25(30)23(29)21-8-6-5-7-9-21/h5-9,16,22-23H,10-15H2,1-4H3,(H,27,30)/t23-/m0/s1. The van der Waals surface area contributed by atoms with Crippen LogP contribution in [0.15, 0.2) is 41.3 Å². The maximum atomic E-state index is 13.6. The first-order valence-electron chi connectivity index (χ1n) is 11.8. The molecule has 0 spiro atoms. The second-order valence-corrected chi connectivity index (χ2v) is 11.3. The van der Waals surface area contributed by atoms with E-state index in [0.29, 0.717) is 43.9 Å². The average molecular weight is 484 g/mol. The Labute approximate surface area is 202 Å². The minimum Gasteiger partial charge on any atom is -0.352 e. The monoisotopic (exact) mass is 483 g/mol. The van der Waals surface area contributed by atoms with Gasteiger partial charge in [0, 0.05) is 32.1 Å². The van der Waals surface area contributed by atoms with Gasteiger partial charge in [0.25, 0.3) is 0 Å². The number of benzene rings is 2. The number of aryl methyl sites for hydroxylation is 2. The molecule has 7 nitrogen and oxygen atoms in total. The molecule has 2 aromatic carbocycles. The highest BCUT2D eigenvalue weighted by molar-refractivity contribution is 7.89. The van der Waals surface area contributed by atoms with Crippen LogP contribution in [-0.2, 0) is 19.6 Å².